The van der Waals surface area contributed by atoms with Gasteiger partial charge in [-0.3, -0.25) is 9.46 Å². The van der Waals surface area contributed by atoms with Gasteiger partial charge in [0, 0.05) is 11.3 Å². The van der Waals surface area contributed by atoms with Gasteiger partial charge in [0.2, 0.25) is 0 Å². The predicted octanol–water partition coefficient (Wildman–Crippen LogP) is 7.46. The van der Waals surface area contributed by atoms with Crippen LogP contribution in [0.5, 0.6) is 5.75 Å². The minimum absolute atomic E-state index is 0.0332. The monoisotopic (exact) mass is 654 g/mol. The smallest absolute Gasteiger partial charge is 0.356 e. The quantitative estimate of drug-likeness (QED) is 0.116. The normalized spacial score (nSPS) is 16.6. The Labute approximate surface area is 272 Å². The van der Waals surface area contributed by atoms with Crippen molar-refractivity contribution >= 4 is 24.6 Å². The summed E-state index contributed by atoms with van der Waals surface area (Å²) >= 11 is 0. The van der Waals surface area contributed by atoms with E-state index in [4.69, 9.17) is 0 Å². The first-order chi connectivity index (χ1) is 22.5. The Hall–Kier alpha value is -4.79. The number of rotatable bonds is 7. The highest BCUT2D eigenvalue weighted by Gasteiger charge is 2.40. The predicted molar refractivity (Wildman–Crippen MR) is 182 cm³/mol. The summed E-state index contributed by atoms with van der Waals surface area (Å²) in [6.45, 7) is 3.78. The van der Waals surface area contributed by atoms with E-state index in [9.17, 15) is 33.7 Å². The van der Waals surface area contributed by atoms with Gasteiger partial charge in [0.1, 0.15) is 11.6 Å². The van der Waals surface area contributed by atoms with Crippen molar-refractivity contribution in [3.8, 4) is 28.0 Å². The molecule has 1 saturated heterocycles. The van der Waals surface area contributed by atoms with E-state index < -0.39 is 19.7 Å². The van der Waals surface area contributed by atoms with Crippen LogP contribution in [0.15, 0.2) is 121 Å². The largest absolute Gasteiger partial charge is 0.508 e. The van der Waals surface area contributed by atoms with Crippen LogP contribution in [-0.4, -0.2) is 32.1 Å². The fourth-order valence-corrected chi connectivity index (χ4v) is 6.10. The number of aliphatic hydroxyl groups is 1. The first-order valence-corrected chi connectivity index (χ1v) is 16.8. The number of halogens is 1. The zero-order valence-corrected chi connectivity index (χ0v) is 26.8. The maximum absolute atomic E-state index is 12.9. The lowest BCUT2D eigenvalue weighted by atomic mass is 9.95. The molecule has 5 aromatic carbocycles. The number of carbonyl (C=O) groups excluding carboxylic acids is 1. The SMILES string of the molecule is CC1NC(=O)N(c2ccc(-c3ccccc3)cc2)C1c1ccc(-c2ccc(P(=O)(O)O)cc2)cc1O.CCC(O)c1ccc(F)cc1. The van der Waals surface area contributed by atoms with Gasteiger partial charge in [-0.15, -0.1) is 0 Å². The number of hydrogen-bond donors (Lipinski definition) is 5. The average Bonchev–Trinajstić information content (AvgIpc) is 3.37. The molecule has 47 heavy (non-hydrogen) atoms. The summed E-state index contributed by atoms with van der Waals surface area (Å²) in [5, 5.41) is 23.2. The van der Waals surface area contributed by atoms with Crippen LogP contribution in [0.25, 0.3) is 22.3 Å². The molecule has 0 aromatic heterocycles. The number of nitrogens with zero attached hydrogens (tertiary/aromatic N) is 1. The molecule has 3 atom stereocenters. The Balaban J connectivity index is 0.000000335. The van der Waals surface area contributed by atoms with Crippen LogP contribution in [0.4, 0.5) is 14.9 Å². The zero-order valence-electron chi connectivity index (χ0n) is 25.9. The van der Waals surface area contributed by atoms with E-state index in [-0.39, 0.29) is 28.9 Å². The van der Waals surface area contributed by atoms with E-state index in [1.807, 2.05) is 74.5 Å². The molecule has 5 N–H and O–H groups in total. The molecule has 8 nitrogen and oxygen atoms in total. The molecule has 5 aromatic rings. The molecule has 6 rings (SSSR count). The number of aliphatic hydroxyl groups excluding tert-OH is 1. The van der Waals surface area contributed by atoms with Crippen LogP contribution in [0, 0.1) is 5.82 Å². The number of aromatic hydroxyl groups is 1. The van der Waals surface area contributed by atoms with E-state index in [0.717, 1.165) is 22.4 Å². The number of amides is 2. The summed E-state index contributed by atoms with van der Waals surface area (Å²) in [4.78, 5) is 33.2. The molecule has 1 fully saturated rings. The van der Waals surface area contributed by atoms with Gasteiger partial charge in [-0.25, -0.2) is 9.18 Å². The molecule has 0 aliphatic carbocycles. The number of carbonyl (C=O) groups is 1. The molecule has 242 valence electrons. The lowest BCUT2D eigenvalue weighted by molar-refractivity contribution is 0.173. The van der Waals surface area contributed by atoms with E-state index in [2.05, 4.69) is 5.32 Å². The Kier molecular flexibility index (Phi) is 10.2. The second kappa shape index (κ2) is 14.3. The molecular formula is C37H36FN2O6P. The van der Waals surface area contributed by atoms with Crippen LogP contribution in [0.2, 0.25) is 0 Å². The molecule has 0 bridgehead atoms. The van der Waals surface area contributed by atoms with E-state index in [0.29, 0.717) is 23.1 Å². The first kappa shape index (κ1) is 33.6. The second-order valence-electron chi connectivity index (χ2n) is 11.3. The molecule has 0 radical (unpaired) electrons. The maximum Gasteiger partial charge on any atom is 0.356 e. The van der Waals surface area contributed by atoms with Gasteiger partial charge in [0.25, 0.3) is 0 Å². The Morgan fingerprint density at radius 3 is 1.94 bits per heavy atom. The highest BCUT2D eigenvalue weighted by Crippen LogP contribution is 2.40. The lowest BCUT2D eigenvalue weighted by Gasteiger charge is -2.26. The number of benzene rings is 5. The maximum atomic E-state index is 12.9. The van der Waals surface area contributed by atoms with Gasteiger partial charge in [0.05, 0.1) is 23.5 Å². The van der Waals surface area contributed by atoms with Gasteiger partial charge in [-0.05, 0) is 83.6 Å². The minimum atomic E-state index is -4.32. The minimum Gasteiger partial charge on any atom is -0.508 e. The van der Waals surface area contributed by atoms with Gasteiger partial charge < -0.3 is 25.3 Å². The Bertz CT molecular complexity index is 1860. The first-order valence-electron chi connectivity index (χ1n) is 15.1. The zero-order chi connectivity index (χ0) is 33.7. The summed E-state index contributed by atoms with van der Waals surface area (Å²) < 4.78 is 23.8. The van der Waals surface area contributed by atoms with Crippen molar-refractivity contribution in [1.82, 2.24) is 5.32 Å². The van der Waals surface area contributed by atoms with Crippen molar-refractivity contribution in [2.24, 2.45) is 0 Å². The standard InChI is InChI=1S/C28H25N2O5P.C9H11FO/c1-18-27(25-16-11-22(17-26(25)31)21-9-14-24(15-10-21)36(33,34)35)30(28(32)29-18)23-12-7-20(8-13-23)19-5-3-2-4-6-19;1-2-9(11)7-3-5-8(10)6-4-7/h2-18,27,31H,1H3,(H,29,32)(H2,33,34,35);3-6,9,11H,2H2,1H3. The summed E-state index contributed by atoms with van der Waals surface area (Å²) in [5.41, 5.74) is 5.62. The van der Waals surface area contributed by atoms with Crippen molar-refractivity contribution < 1.29 is 33.7 Å². The average molecular weight is 655 g/mol. The molecule has 1 aliphatic rings. The molecule has 0 spiro atoms. The van der Waals surface area contributed by atoms with Gasteiger partial charge in [0.15, 0.2) is 0 Å². The fraction of sp³-hybridized carbons (Fsp3) is 0.162. The molecule has 0 saturated carbocycles. The molecule has 10 heteroatoms. The lowest BCUT2D eigenvalue weighted by Crippen LogP contribution is -2.29. The summed E-state index contributed by atoms with van der Waals surface area (Å²) in [6, 6.07) is 33.9. The molecule has 3 unspecified atom stereocenters. The highest BCUT2D eigenvalue weighted by molar-refractivity contribution is 7.60. The van der Waals surface area contributed by atoms with Crippen LogP contribution < -0.4 is 15.5 Å². The Morgan fingerprint density at radius 1 is 0.809 bits per heavy atom. The van der Waals surface area contributed by atoms with Crippen molar-refractivity contribution in [1.29, 1.82) is 0 Å². The molecule has 1 heterocycles. The number of urea groups is 1. The fourth-order valence-electron chi connectivity index (χ4n) is 5.57. The van der Waals surface area contributed by atoms with Crippen molar-refractivity contribution in [3.05, 3.63) is 138 Å². The third-order valence-corrected chi connectivity index (χ3v) is 9.07. The number of phenols is 1. The third kappa shape index (κ3) is 7.79. The van der Waals surface area contributed by atoms with Gasteiger partial charge >= 0.3 is 13.6 Å². The third-order valence-electron chi connectivity index (χ3n) is 8.10. The topological polar surface area (TPSA) is 130 Å². The number of nitrogens with one attached hydrogen (secondary N) is 1. The summed E-state index contributed by atoms with van der Waals surface area (Å²) in [5.74, 6) is -0.233. The number of anilines is 1. The van der Waals surface area contributed by atoms with Crippen LogP contribution in [0.3, 0.4) is 0 Å². The molecular weight excluding hydrogens is 618 g/mol. The molecule has 2 amide bonds. The van der Waals surface area contributed by atoms with E-state index in [1.165, 1.54) is 24.3 Å². The van der Waals surface area contributed by atoms with E-state index >= 15 is 0 Å². The Morgan fingerprint density at radius 2 is 1.36 bits per heavy atom. The van der Waals surface area contributed by atoms with Crippen LogP contribution >= 0.6 is 7.60 Å². The van der Waals surface area contributed by atoms with Crippen molar-refractivity contribution in [2.75, 3.05) is 4.90 Å². The van der Waals surface area contributed by atoms with Crippen molar-refractivity contribution in [3.63, 3.8) is 0 Å². The number of hydrogen-bond acceptors (Lipinski definition) is 4. The highest BCUT2D eigenvalue weighted by atomic mass is 31.2. The van der Waals surface area contributed by atoms with Crippen molar-refractivity contribution in [2.45, 2.75) is 38.5 Å². The second-order valence-corrected chi connectivity index (χ2v) is 12.9. The van der Waals surface area contributed by atoms with Gasteiger partial charge in [-0.1, -0.05) is 85.8 Å². The summed E-state index contributed by atoms with van der Waals surface area (Å²) in [7, 11) is -4.32. The van der Waals surface area contributed by atoms with Crippen LogP contribution in [0.1, 0.15) is 43.5 Å². The van der Waals surface area contributed by atoms with E-state index in [1.54, 1.807) is 41.3 Å². The van der Waals surface area contributed by atoms with Crippen LogP contribution in [-0.2, 0) is 4.57 Å². The number of phenolic OH excluding ortho intramolecular Hbond substituents is 1. The van der Waals surface area contributed by atoms with Gasteiger partial charge in [-0.2, -0.15) is 0 Å². The summed E-state index contributed by atoms with van der Waals surface area (Å²) in [6.07, 6.45) is 0.196. The molecule has 1 aliphatic heterocycles.